The lowest BCUT2D eigenvalue weighted by Crippen LogP contribution is -2.22. The maximum atomic E-state index is 5.65. The van der Waals surface area contributed by atoms with Crippen molar-refractivity contribution in [2.75, 3.05) is 13.4 Å². The highest BCUT2D eigenvalue weighted by atomic mass is 79.9. The minimum Gasteiger partial charge on any atom is -0.356 e. The molecule has 2 nitrogen and oxygen atoms in total. The fourth-order valence-corrected chi connectivity index (χ4v) is 2.88. The van der Waals surface area contributed by atoms with E-state index < -0.39 is 8.07 Å². The molecule has 1 atom stereocenters. The summed E-state index contributed by atoms with van der Waals surface area (Å²) in [6.45, 7) is 8.36. The Balaban J connectivity index is 2.05. The topological polar surface area (TPSA) is 18.5 Å². The summed E-state index contributed by atoms with van der Waals surface area (Å²) < 4.78 is 12.4. The van der Waals surface area contributed by atoms with Gasteiger partial charge in [0.2, 0.25) is 0 Å². The molecule has 0 aromatic carbocycles. The Morgan fingerprint density at radius 1 is 1.44 bits per heavy atom. The van der Waals surface area contributed by atoms with Crippen LogP contribution >= 0.6 is 15.9 Å². The van der Waals surface area contributed by atoms with Crippen LogP contribution in [0.5, 0.6) is 0 Å². The zero-order valence-corrected chi connectivity index (χ0v) is 13.2. The zero-order valence-electron chi connectivity index (χ0n) is 10.6. The normalized spacial score (nSPS) is 22.0. The van der Waals surface area contributed by atoms with Gasteiger partial charge in [-0.1, -0.05) is 35.6 Å². The lowest BCUT2D eigenvalue weighted by Gasteiger charge is -2.20. The molecule has 1 aliphatic carbocycles. The van der Waals surface area contributed by atoms with Crippen LogP contribution in [0.3, 0.4) is 0 Å². The smallest absolute Gasteiger partial charge is 0.147 e. The van der Waals surface area contributed by atoms with Crippen molar-refractivity contribution >= 4 is 24.0 Å². The number of halogens is 1. The van der Waals surface area contributed by atoms with Gasteiger partial charge in [-0.3, -0.25) is 0 Å². The SMILES string of the molecule is C[Si](C)(C)CCOCO[C@H]1C=C(Br)CCC1. The molecule has 1 rings (SSSR count). The molecule has 0 saturated heterocycles. The van der Waals surface area contributed by atoms with Gasteiger partial charge in [0.05, 0.1) is 6.10 Å². The molecule has 0 heterocycles. The Bertz CT molecular complexity index is 236. The van der Waals surface area contributed by atoms with Crippen molar-refractivity contribution in [2.24, 2.45) is 0 Å². The van der Waals surface area contributed by atoms with Gasteiger partial charge in [0.1, 0.15) is 6.79 Å². The first kappa shape index (κ1) is 14.4. The molecule has 0 fully saturated rings. The average Bonchev–Trinajstić information content (AvgIpc) is 2.15. The molecule has 0 N–H and O–H groups in total. The lowest BCUT2D eigenvalue weighted by molar-refractivity contribution is -0.0749. The molecule has 1 aliphatic rings. The molecule has 0 saturated carbocycles. The molecule has 0 aromatic rings. The third-order valence-corrected chi connectivity index (χ3v) is 5.00. The molecule has 94 valence electrons. The van der Waals surface area contributed by atoms with Crippen molar-refractivity contribution in [2.45, 2.75) is 51.1 Å². The Morgan fingerprint density at radius 3 is 2.81 bits per heavy atom. The number of allylic oxidation sites excluding steroid dienone is 1. The van der Waals surface area contributed by atoms with Crippen LogP contribution in [-0.2, 0) is 9.47 Å². The van der Waals surface area contributed by atoms with Gasteiger partial charge in [-0.05, 0) is 35.9 Å². The highest BCUT2D eigenvalue weighted by Crippen LogP contribution is 2.24. The summed E-state index contributed by atoms with van der Waals surface area (Å²) in [6.07, 6.45) is 5.88. The maximum absolute atomic E-state index is 5.65. The number of ether oxygens (including phenoxy) is 2. The molecule has 0 radical (unpaired) electrons. The summed E-state index contributed by atoms with van der Waals surface area (Å²) in [5, 5.41) is 0. The second-order valence-corrected chi connectivity index (χ2v) is 12.2. The van der Waals surface area contributed by atoms with Gasteiger partial charge >= 0.3 is 0 Å². The van der Waals surface area contributed by atoms with Crippen LogP contribution in [0.4, 0.5) is 0 Å². The number of rotatable bonds is 6. The molecule has 0 amide bonds. The van der Waals surface area contributed by atoms with Crippen molar-refractivity contribution < 1.29 is 9.47 Å². The van der Waals surface area contributed by atoms with Crippen LogP contribution in [0, 0.1) is 0 Å². The van der Waals surface area contributed by atoms with E-state index in [-0.39, 0.29) is 6.10 Å². The van der Waals surface area contributed by atoms with E-state index in [2.05, 4.69) is 41.6 Å². The molecule has 4 heteroatoms. The predicted molar refractivity (Wildman–Crippen MR) is 74.7 cm³/mol. The first-order valence-electron chi connectivity index (χ1n) is 6.03. The highest BCUT2D eigenvalue weighted by Gasteiger charge is 2.14. The summed E-state index contributed by atoms with van der Waals surface area (Å²) in [7, 11) is -0.958. The molecule has 0 spiro atoms. The second-order valence-electron chi connectivity index (χ2n) is 5.55. The van der Waals surface area contributed by atoms with E-state index in [1.807, 2.05) is 0 Å². The Morgan fingerprint density at radius 2 is 2.19 bits per heavy atom. The van der Waals surface area contributed by atoms with E-state index in [0.717, 1.165) is 19.4 Å². The van der Waals surface area contributed by atoms with Crippen LogP contribution in [-0.4, -0.2) is 27.6 Å². The zero-order chi connectivity index (χ0) is 12.0. The van der Waals surface area contributed by atoms with E-state index in [1.54, 1.807) is 0 Å². The summed E-state index contributed by atoms with van der Waals surface area (Å²) in [5.74, 6) is 0. The summed E-state index contributed by atoms with van der Waals surface area (Å²) in [5.41, 5.74) is 0. The third-order valence-electron chi connectivity index (χ3n) is 2.63. The molecule has 0 aromatic heterocycles. The molecular formula is C12H23BrO2Si. The second kappa shape index (κ2) is 6.94. The summed E-state index contributed by atoms with van der Waals surface area (Å²) >= 11 is 3.52. The molecule has 16 heavy (non-hydrogen) atoms. The first-order valence-corrected chi connectivity index (χ1v) is 10.5. The molecule has 0 bridgehead atoms. The average molecular weight is 307 g/mol. The third kappa shape index (κ3) is 6.84. The van der Waals surface area contributed by atoms with Gasteiger partial charge in [0.15, 0.2) is 0 Å². The summed E-state index contributed by atoms with van der Waals surface area (Å²) in [4.78, 5) is 0. The standard InChI is InChI=1S/C12H23BrO2Si/c1-16(2,3)8-7-14-10-15-12-6-4-5-11(13)9-12/h9,12H,4-8,10H2,1-3H3/t12-/m1/s1. The van der Waals surface area contributed by atoms with Gasteiger partial charge in [-0.25, -0.2) is 0 Å². The fraction of sp³-hybridized carbons (Fsp3) is 0.833. The van der Waals surface area contributed by atoms with Crippen molar-refractivity contribution in [3.63, 3.8) is 0 Å². The monoisotopic (exact) mass is 306 g/mol. The number of hydrogen-bond acceptors (Lipinski definition) is 2. The predicted octanol–water partition coefficient (Wildman–Crippen LogP) is 4.15. The van der Waals surface area contributed by atoms with Crippen LogP contribution < -0.4 is 0 Å². The first-order chi connectivity index (χ1) is 7.47. The Labute approximate surface area is 109 Å². The van der Waals surface area contributed by atoms with Crippen molar-refractivity contribution in [1.82, 2.24) is 0 Å². The van der Waals surface area contributed by atoms with Gasteiger partial charge in [-0.15, -0.1) is 0 Å². The minimum absolute atomic E-state index is 0.245. The van der Waals surface area contributed by atoms with Crippen LogP contribution in [0.25, 0.3) is 0 Å². The molecular weight excluding hydrogens is 284 g/mol. The van der Waals surface area contributed by atoms with Crippen LogP contribution in [0.15, 0.2) is 10.6 Å². The van der Waals surface area contributed by atoms with Crippen LogP contribution in [0.2, 0.25) is 25.7 Å². The quantitative estimate of drug-likeness (QED) is 0.417. The molecule has 0 aliphatic heterocycles. The van der Waals surface area contributed by atoms with E-state index >= 15 is 0 Å². The van der Waals surface area contributed by atoms with Crippen LogP contribution in [0.1, 0.15) is 19.3 Å². The van der Waals surface area contributed by atoms with Gasteiger partial charge < -0.3 is 9.47 Å². The van der Waals surface area contributed by atoms with Gasteiger partial charge in [0, 0.05) is 14.7 Å². The minimum atomic E-state index is -0.958. The van der Waals surface area contributed by atoms with Crippen molar-refractivity contribution in [1.29, 1.82) is 0 Å². The van der Waals surface area contributed by atoms with Gasteiger partial charge in [0.25, 0.3) is 0 Å². The van der Waals surface area contributed by atoms with E-state index in [4.69, 9.17) is 9.47 Å². The molecule has 0 unspecified atom stereocenters. The summed E-state index contributed by atoms with van der Waals surface area (Å²) in [6, 6.07) is 1.21. The Kier molecular flexibility index (Phi) is 6.25. The Hall–Kier alpha value is 0.357. The van der Waals surface area contributed by atoms with Crippen molar-refractivity contribution in [3.8, 4) is 0 Å². The van der Waals surface area contributed by atoms with E-state index in [0.29, 0.717) is 6.79 Å². The van der Waals surface area contributed by atoms with Gasteiger partial charge in [-0.2, -0.15) is 0 Å². The van der Waals surface area contributed by atoms with E-state index in [1.165, 1.54) is 16.9 Å². The maximum Gasteiger partial charge on any atom is 0.147 e. The lowest BCUT2D eigenvalue weighted by atomic mass is 10.1. The number of hydrogen-bond donors (Lipinski definition) is 0. The fourth-order valence-electron chi connectivity index (χ4n) is 1.54. The largest absolute Gasteiger partial charge is 0.356 e. The van der Waals surface area contributed by atoms with E-state index in [9.17, 15) is 0 Å². The highest BCUT2D eigenvalue weighted by molar-refractivity contribution is 9.11. The van der Waals surface area contributed by atoms with Crippen molar-refractivity contribution in [3.05, 3.63) is 10.6 Å².